The fourth-order valence-electron chi connectivity index (χ4n) is 2.04. The minimum Gasteiger partial charge on any atom is -0.391 e. The molecule has 3 atom stereocenters. The topological polar surface area (TPSA) is 44.7 Å². The zero-order valence-corrected chi connectivity index (χ0v) is 10.5. The molecule has 0 spiro atoms. The highest BCUT2D eigenvalue weighted by molar-refractivity contribution is 7.80. The molecule has 0 amide bonds. The SMILES string of the molecule is CCC1CC(O)C(NC(=S)N2CCC2)CO1. The number of thiocarbonyl (C=S) groups is 1. The minimum absolute atomic E-state index is 0.0455. The normalized spacial score (nSPS) is 34.4. The first-order chi connectivity index (χ1) is 7.70. The first-order valence-electron chi connectivity index (χ1n) is 6.05. The van der Waals surface area contributed by atoms with Crippen molar-refractivity contribution in [3.8, 4) is 0 Å². The fourth-order valence-corrected chi connectivity index (χ4v) is 2.38. The van der Waals surface area contributed by atoms with Gasteiger partial charge in [-0.05, 0) is 25.1 Å². The van der Waals surface area contributed by atoms with Gasteiger partial charge in [0.2, 0.25) is 0 Å². The summed E-state index contributed by atoms with van der Waals surface area (Å²) in [6.45, 7) is 4.70. The van der Waals surface area contributed by atoms with Gasteiger partial charge in [0.05, 0.1) is 24.9 Å². The Hall–Kier alpha value is -0.390. The van der Waals surface area contributed by atoms with Crippen LogP contribution in [0, 0.1) is 0 Å². The van der Waals surface area contributed by atoms with E-state index in [-0.39, 0.29) is 18.2 Å². The molecule has 92 valence electrons. The lowest BCUT2D eigenvalue weighted by Crippen LogP contribution is -2.57. The Labute approximate surface area is 102 Å². The van der Waals surface area contributed by atoms with Gasteiger partial charge in [-0.2, -0.15) is 0 Å². The summed E-state index contributed by atoms with van der Waals surface area (Å²) in [5.41, 5.74) is 0. The van der Waals surface area contributed by atoms with Crippen molar-refractivity contribution in [3.05, 3.63) is 0 Å². The highest BCUT2D eigenvalue weighted by Gasteiger charge is 2.30. The van der Waals surface area contributed by atoms with Gasteiger partial charge in [0.1, 0.15) is 0 Å². The van der Waals surface area contributed by atoms with Crippen molar-refractivity contribution in [2.24, 2.45) is 0 Å². The predicted molar refractivity (Wildman–Crippen MR) is 66.4 cm³/mol. The van der Waals surface area contributed by atoms with Gasteiger partial charge in [0.15, 0.2) is 5.11 Å². The molecule has 0 aromatic carbocycles. The molecule has 0 aromatic rings. The third-order valence-electron chi connectivity index (χ3n) is 3.39. The lowest BCUT2D eigenvalue weighted by atomic mass is 10.00. The largest absolute Gasteiger partial charge is 0.391 e. The summed E-state index contributed by atoms with van der Waals surface area (Å²) < 4.78 is 5.64. The summed E-state index contributed by atoms with van der Waals surface area (Å²) in [5.74, 6) is 0. The molecule has 0 aromatic heterocycles. The molecule has 5 heteroatoms. The first kappa shape index (κ1) is 12.1. The lowest BCUT2D eigenvalue weighted by molar-refractivity contribution is -0.0628. The molecule has 2 saturated heterocycles. The number of aliphatic hydroxyl groups excluding tert-OH is 1. The maximum atomic E-state index is 9.97. The molecule has 16 heavy (non-hydrogen) atoms. The second kappa shape index (κ2) is 5.29. The summed E-state index contributed by atoms with van der Waals surface area (Å²) in [7, 11) is 0. The Kier molecular flexibility index (Phi) is 4.00. The van der Waals surface area contributed by atoms with Crippen molar-refractivity contribution >= 4 is 17.3 Å². The van der Waals surface area contributed by atoms with Crippen LogP contribution in [-0.2, 0) is 4.74 Å². The van der Waals surface area contributed by atoms with Gasteiger partial charge in [-0.25, -0.2) is 0 Å². The highest BCUT2D eigenvalue weighted by Crippen LogP contribution is 2.17. The second-order valence-electron chi connectivity index (χ2n) is 4.56. The Balaban J connectivity index is 1.79. The van der Waals surface area contributed by atoms with E-state index in [0.717, 1.165) is 24.6 Å². The van der Waals surface area contributed by atoms with E-state index in [1.165, 1.54) is 6.42 Å². The van der Waals surface area contributed by atoms with Crippen molar-refractivity contribution in [3.63, 3.8) is 0 Å². The van der Waals surface area contributed by atoms with E-state index in [9.17, 15) is 5.11 Å². The van der Waals surface area contributed by atoms with E-state index in [4.69, 9.17) is 17.0 Å². The van der Waals surface area contributed by atoms with Crippen molar-refractivity contribution < 1.29 is 9.84 Å². The van der Waals surface area contributed by atoms with Crippen LogP contribution in [0.1, 0.15) is 26.2 Å². The average Bonchev–Trinajstić information content (AvgIpc) is 2.18. The van der Waals surface area contributed by atoms with E-state index >= 15 is 0 Å². The van der Waals surface area contributed by atoms with Crippen LogP contribution in [0.15, 0.2) is 0 Å². The molecule has 2 aliphatic rings. The molecule has 4 nitrogen and oxygen atoms in total. The Morgan fingerprint density at radius 1 is 1.56 bits per heavy atom. The number of nitrogens with one attached hydrogen (secondary N) is 1. The summed E-state index contributed by atoms with van der Waals surface area (Å²) in [5, 5.41) is 13.9. The van der Waals surface area contributed by atoms with Crippen LogP contribution in [-0.4, -0.2) is 53.1 Å². The molecule has 2 rings (SSSR count). The van der Waals surface area contributed by atoms with Gasteiger partial charge >= 0.3 is 0 Å². The van der Waals surface area contributed by atoms with Crippen LogP contribution in [0.3, 0.4) is 0 Å². The molecule has 2 heterocycles. The molecule has 2 N–H and O–H groups in total. The Morgan fingerprint density at radius 2 is 2.31 bits per heavy atom. The third-order valence-corrected chi connectivity index (χ3v) is 3.76. The number of nitrogens with zero attached hydrogens (tertiary/aromatic N) is 1. The first-order valence-corrected chi connectivity index (χ1v) is 6.46. The van der Waals surface area contributed by atoms with E-state index < -0.39 is 0 Å². The molecular formula is C11H20N2O2S. The van der Waals surface area contributed by atoms with Crippen LogP contribution in [0.5, 0.6) is 0 Å². The number of rotatable bonds is 2. The van der Waals surface area contributed by atoms with Gasteiger partial charge in [-0.3, -0.25) is 0 Å². The summed E-state index contributed by atoms with van der Waals surface area (Å²) in [4.78, 5) is 2.12. The Bertz CT molecular complexity index is 258. The highest BCUT2D eigenvalue weighted by atomic mass is 32.1. The van der Waals surface area contributed by atoms with Crippen molar-refractivity contribution in [2.45, 2.75) is 44.4 Å². The summed E-state index contributed by atoms with van der Waals surface area (Å²) in [6, 6.07) is -0.0455. The van der Waals surface area contributed by atoms with E-state index in [2.05, 4.69) is 17.1 Å². The monoisotopic (exact) mass is 244 g/mol. The molecule has 2 aliphatic heterocycles. The third kappa shape index (κ3) is 2.64. The minimum atomic E-state index is -0.349. The van der Waals surface area contributed by atoms with E-state index in [1.807, 2.05) is 0 Å². The van der Waals surface area contributed by atoms with Crippen LogP contribution >= 0.6 is 12.2 Å². The number of hydrogen-bond donors (Lipinski definition) is 2. The molecule has 0 radical (unpaired) electrons. The summed E-state index contributed by atoms with van der Waals surface area (Å²) in [6.07, 6.45) is 2.73. The summed E-state index contributed by atoms with van der Waals surface area (Å²) >= 11 is 5.27. The van der Waals surface area contributed by atoms with Crippen LogP contribution in [0.2, 0.25) is 0 Å². The maximum absolute atomic E-state index is 9.97. The Morgan fingerprint density at radius 3 is 2.81 bits per heavy atom. The predicted octanol–water partition coefficient (Wildman–Crippen LogP) is 0.495. The standard InChI is InChI=1S/C11H20N2O2S/c1-2-8-6-10(14)9(7-15-8)12-11(16)13-4-3-5-13/h8-10,14H,2-7H2,1H3,(H,12,16). The molecule has 0 saturated carbocycles. The van der Waals surface area contributed by atoms with E-state index in [0.29, 0.717) is 13.0 Å². The van der Waals surface area contributed by atoms with Crippen LogP contribution in [0.4, 0.5) is 0 Å². The van der Waals surface area contributed by atoms with Crippen molar-refractivity contribution in [2.75, 3.05) is 19.7 Å². The second-order valence-corrected chi connectivity index (χ2v) is 4.95. The molecular weight excluding hydrogens is 224 g/mol. The smallest absolute Gasteiger partial charge is 0.169 e. The van der Waals surface area contributed by atoms with Gasteiger partial charge in [-0.1, -0.05) is 6.92 Å². The molecule has 2 fully saturated rings. The van der Waals surface area contributed by atoms with Gasteiger partial charge < -0.3 is 20.1 Å². The molecule has 3 unspecified atom stereocenters. The quantitative estimate of drug-likeness (QED) is 0.692. The maximum Gasteiger partial charge on any atom is 0.169 e. The molecule has 0 bridgehead atoms. The number of ether oxygens (including phenoxy) is 1. The van der Waals surface area contributed by atoms with Gasteiger partial charge in [-0.15, -0.1) is 0 Å². The van der Waals surface area contributed by atoms with Crippen molar-refractivity contribution in [1.82, 2.24) is 10.2 Å². The van der Waals surface area contributed by atoms with Gasteiger partial charge in [0.25, 0.3) is 0 Å². The lowest BCUT2D eigenvalue weighted by Gasteiger charge is -2.39. The van der Waals surface area contributed by atoms with Crippen LogP contribution < -0.4 is 5.32 Å². The number of hydrogen-bond acceptors (Lipinski definition) is 3. The van der Waals surface area contributed by atoms with E-state index in [1.54, 1.807) is 0 Å². The number of likely N-dealkylation sites (tertiary alicyclic amines) is 1. The molecule has 0 aliphatic carbocycles. The van der Waals surface area contributed by atoms with Crippen LogP contribution in [0.25, 0.3) is 0 Å². The number of aliphatic hydroxyl groups is 1. The average molecular weight is 244 g/mol. The van der Waals surface area contributed by atoms with Crippen molar-refractivity contribution in [1.29, 1.82) is 0 Å². The zero-order valence-electron chi connectivity index (χ0n) is 9.69. The zero-order chi connectivity index (χ0) is 11.5. The fraction of sp³-hybridized carbons (Fsp3) is 0.909. The van der Waals surface area contributed by atoms with Gasteiger partial charge in [0, 0.05) is 19.5 Å².